The van der Waals surface area contributed by atoms with E-state index in [0.717, 1.165) is 0 Å². The number of hydrogen-bond acceptors (Lipinski definition) is 0. The molecule has 0 spiro atoms. The predicted molar refractivity (Wildman–Crippen MR) is 152 cm³/mol. The second kappa shape index (κ2) is 8.02. The van der Waals surface area contributed by atoms with E-state index < -0.39 is 0 Å². The minimum absolute atomic E-state index is 0.293. The van der Waals surface area contributed by atoms with Crippen LogP contribution in [0.4, 0.5) is 0 Å². The predicted octanol–water partition coefficient (Wildman–Crippen LogP) is 8.07. The summed E-state index contributed by atoms with van der Waals surface area (Å²) in [6, 6.07) is 32.2. The quantitative estimate of drug-likeness (QED) is 0.221. The molecule has 1 aromatic heterocycles. The molecule has 2 bridgehead atoms. The summed E-state index contributed by atoms with van der Waals surface area (Å²) in [5.41, 5.74) is 19.5. The largest absolute Gasteiger partial charge is 0.213 e. The van der Waals surface area contributed by atoms with Crippen molar-refractivity contribution in [2.24, 2.45) is 7.05 Å². The maximum atomic E-state index is 2.50. The lowest BCUT2D eigenvalue weighted by Crippen LogP contribution is -2.31. The Bertz CT molecular complexity index is 1740. The molecule has 0 aliphatic heterocycles. The number of benzene rings is 4. The van der Waals surface area contributed by atoms with Gasteiger partial charge in [-0.3, -0.25) is 0 Å². The van der Waals surface area contributed by atoms with E-state index >= 15 is 0 Å². The zero-order valence-corrected chi connectivity index (χ0v) is 22.3. The zero-order valence-electron chi connectivity index (χ0n) is 22.3. The van der Waals surface area contributed by atoms with Gasteiger partial charge < -0.3 is 0 Å². The molecular formula is C36H32N+. The zero-order chi connectivity index (χ0) is 25.4. The summed E-state index contributed by atoms with van der Waals surface area (Å²) in [5.74, 6) is 0.610. The average molecular weight is 479 g/mol. The first kappa shape index (κ1) is 22.2. The van der Waals surface area contributed by atoms with Crippen molar-refractivity contribution in [3.8, 4) is 22.4 Å². The number of rotatable bonds is 2. The molecule has 4 aromatic carbocycles. The van der Waals surface area contributed by atoms with Crippen molar-refractivity contribution >= 4 is 0 Å². The summed E-state index contributed by atoms with van der Waals surface area (Å²) in [6.45, 7) is 8.98. The molecule has 180 valence electrons. The van der Waals surface area contributed by atoms with E-state index in [9.17, 15) is 0 Å². The Morgan fingerprint density at radius 2 is 1.24 bits per heavy atom. The van der Waals surface area contributed by atoms with Gasteiger partial charge in [0.05, 0.1) is 0 Å². The summed E-state index contributed by atoms with van der Waals surface area (Å²) in [6.07, 6.45) is 2.28. The van der Waals surface area contributed by atoms with Gasteiger partial charge in [-0.05, 0) is 95.5 Å². The number of hydrogen-bond donors (Lipinski definition) is 0. The van der Waals surface area contributed by atoms with Crippen LogP contribution < -0.4 is 4.57 Å². The normalized spacial score (nSPS) is 16.8. The van der Waals surface area contributed by atoms with Crippen molar-refractivity contribution in [2.75, 3.05) is 0 Å². The Morgan fingerprint density at radius 1 is 0.541 bits per heavy atom. The Hall–Kier alpha value is -3.97. The fourth-order valence-corrected chi connectivity index (χ4v) is 7.06. The summed E-state index contributed by atoms with van der Waals surface area (Å²) in [5, 5.41) is 0. The van der Waals surface area contributed by atoms with Gasteiger partial charge in [0.15, 0.2) is 6.20 Å². The van der Waals surface area contributed by atoms with E-state index in [1.165, 1.54) is 78.0 Å². The van der Waals surface area contributed by atoms with E-state index in [4.69, 9.17) is 0 Å². The Balaban J connectivity index is 1.46. The lowest BCUT2D eigenvalue weighted by Gasteiger charge is -2.43. The molecule has 3 aliphatic rings. The van der Waals surface area contributed by atoms with E-state index in [1.807, 2.05) is 0 Å². The Morgan fingerprint density at radius 3 is 2.03 bits per heavy atom. The van der Waals surface area contributed by atoms with E-state index in [0.29, 0.717) is 11.8 Å². The minimum Gasteiger partial charge on any atom is -0.201 e. The molecule has 0 saturated carbocycles. The SMILES string of the molecule is Cc1ccc2c(c1)C1c3ccccc3C2c2cc(-c3cc(-c4ccccc4C)[n+](C)cc3C)cc(C)c21. The van der Waals surface area contributed by atoms with Gasteiger partial charge in [0.1, 0.15) is 7.05 Å². The third-order valence-corrected chi connectivity index (χ3v) is 8.71. The maximum absolute atomic E-state index is 2.50. The summed E-state index contributed by atoms with van der Waals surface area (Å²) in [7, 11) is 2.16. The number of aromatic nitrogens is 1. The maximum Gasteiger partial charge on any atom is 0.213 e. The van der Waals surface area contributed by atoms with Crippen molar-refractivity contribution in [1.82, 2.24) is 0 Å². The molecule has 0 amide bonds. The number of nitrogens with zero attached hydrogens (tertiary/aromatic N) is 1. The Kier molecular flexibility index (Phi) is 4.82. The molecule has 37 heavy (non-hydrogen) atoms. The first-order valence-electron chi connectivity index (χ1n) is 13.3. The van der Waals surface area contributed by atoms with E-state index in [1.54, 1.807) is 0 Å². The molecule has 1 heteroatoms. The number of pyridine rings is 1. The fraction of sp³-hybridized carbons (Fsp3) is 0.194. The molecular weight excluding hydrogens is 446 g/mol. The molecule has 0 N–H and O–H groups in total. The van der Waals surface area contributed by atoms with Crippen LogP contribution in [0.3, 0.4) is 0 Å². The third-order valence-electron chi connectivity index (χ3n) is 8.71. The second-order valence-corrected chi connectivity index (χ2v) is 11.1. The van der Waals surface area contributed by atoms with Crippen LogP contribution in [0.5, 0.6) is 0 Å². The van der Waals surface area contributed by atoms with Crippen molar-refractivity contribution in [1.29, 1.82) is 0 Å². The van der Waals surface area contributed by atoms with E-state index in [2.05, 4.69) is 130 Å². The van der Waals surface area contributed by atoms with Crippen molar-refractivity contribution in [2.45, 2.75) is 39.5 Å². The monoisotopic (exact) mass is 478 g/mol. The van der Waals surface area contributed by atoms with Gasteiger partial charge in [0, 0.05) is 29.0 Å². The van der Waals surface area contributed by atoms with Gasteiger partial charge in [-0.1, -0.05) is 72.3 Å². The molecule has 2 atom stereocenters. The van der Waals surface area contributed by atoms with Gasteiger partial charge in [-0.15, -0.1) is 0 Å². The highest BCUT2D eigenvalue weighted by Crippen LogP contribution is 2.57. The van der Waals surface area contributed by atoms with Gasteiger partial charge in [0.2, 0.25) is 5.69 Å². The van der Waals surface area contributed by atoms with Gasteiger partial charge in [0.25, 0.3) is 0 Å². The molecule has 0 fully saturated rings. The lowest BCUT2D eigenvalue weighted by molar-refractivity contribution is -0.660. The van der Waals surface area contributed by atoms with Crippen LogP contribution in [0.15, 0.2) is 91.1 Å². The summed E-state index contributed by atoms with van der Waals surface area (Å²) in [4.78, 5) is 0. The molecule has 8 rings (SSSR count). The molecule has 2 unspecified atom stereocenters. The summed E-state index contributed by atoms with van der Waals surface area (Å²) < 4.78 is 2.27. The van der Waals surface area contributed by atoms with Crippen LogP contribution in [0.1, 0.15) is 67.5 Å². The van der Waals surface area contributed by atoms with Crippen molar-refractivity contribution in [3.05, 3.63) is 147 Å². The smallest absolute Gasteiger partial charge is 0.201 e. The molecule has 3 aliphatic carbocycles. The first-order chi connectivity index (χ1) is 17.9. The van der Waals surface area contributed by atoms with Crippen molar-refractivity contribution < 1.29 is 4.57 Å². The van der Waals surface area contributed by atoms with Gasteiger partial charge >= 0.3 is 0 Å². The van der Waals surface area contributed by atoms with Crippen molar-refractivity contribution in [3.63, 3.8) is 0 Å². The molecule has 1 heterocycles. The molecule has 0 radical (unpaired) electrons. The van der Waals surface area contributed by atoms with Crippen LogP contribution in [0, 0.1) is 27.7 Å². The Labute approximate surface area is 220 Å². The highest BCUT2D eigenvalue weighted by molar-refractivity contribution is 5.78. The van der Waals surface area contributed by atoms with E-state index in [-0.39, 0.29) is 0 Å². The molecule has 0 saturated heterocycles. The third kappa shape index (κ3) is 3.20. The summed E-state index contributed by atoms with van der Waals surface area (Å²) >= 11 is 0. The number of aryl methyl sites for hydroxylation is 5. The lowest BCUT2D eigenvalue weighted by atomic mass is 9.60. The molecule has 1 nitrogen and oxygen atoms in total. The average Bonchev–Trinajstić information content (AvgIpc) is 2.89. The first-order valence-corrected chi connectivity index (χ1v) is 13.3. The minimum atomic E-state index is 0.293. The molecule has 5 aromatic rings. The highest BCUT2D eigenvalue weighted by Gasteiger charge is 2.42. The van der Waals surface area contributed by atoms with Crippen LogP contribution in [0.25, 0.3) is 22.4 Å². The highest BCUT2D eigenvalue weighted by atomic mass is 14.9. The van der Waals surface area contributed by atoms with Gasteiger partial charge in [-0.2, -0.15) is 0 Å². The van der Waals surface area contributed by atoms with Crippen LogP contribution >= 0.6 is 0 Å². The van der Waals surface area contributed by atoms with Crippen LogP contribution in [0.2, 0.25) is 0 Å². The van der Waals surface area contributed by atoms with Crippen LogP contribution in [-0.2, 0) is 7.05 Å². The fourth-order valence-electron chi connectivity index (χ4n) is 7.06. The topological polar surface area (TPSA) is 3.88 Å². The second-order valence-electron chi connectivity index (χ2n) is 11.1. The standard InChI is InChI=1S/C36H32N/c1-21-14-15-29-31(16-21)36-28-13-9-8-12-27(28)35(29)32-18-25(17-23(3)34(32)36)30-19-33(37(5)20-24(30)4)26-11-7-6-10-22(26)2/h6-20,35-36H,1-5H3/q+1. The van der Waals surface area contributed by atoms with Gasteiger partial charge in [-0.25, -0.2) is 4.57 Å². The van der Waals surface area contributed by atoms with Crippen LogP contribution in [-0.4, -0.2) is 0 Å².